The van der Waals surface area contributed by atoms with Gasteiger partial charge in [0.05, 0.1) is 18.2 Å². The zero-order valence-corrected chi connectivity index (χ0v) is 8.43. The van der Waals surface area contributed by atoms with E-state index in [1.807, 2.05) is 0 Å². The quantitative estimate of drug-likeness (QED) is 0.842. The van der Waals surface area contributed by atoms with Crippen LogP contribution in [0, 0.1) is 5.82 Å². The van der Waals surface area contributed by atoms with Gasteiger partial charge < -0.3 is 14.9 Å². The van der Waals surface area contributed by atoms with E-state index in [0.717, 1.165) is 6.07 Å². The highest BCUT2D eigenvalue weighted by Gasteiger charge is 2.15. The fourth-order valence-corrected chi connectivity index (χ4v) is 1.44. The maximum atomic E-state index is 13.1. The molecule has 0 radical (unpaired) electrons. The van der Waals surface area contributed by atoms with Crippen LogP contribution in [0.25, 0.3) is 0 Å². The summed E-state index contributed by atoms with van der Waals surface area (Å²) in [7, 11) is 1.32. The molecular formula is C8H8BrFO3. The van der Waals surface area contributed by atoms with E-state index in [1.165, 1.54) is 7.11 Å². The lowest BCUT2D eigenvalue weighted by Gasteiger charge is -2.09. The Morgan fingerprint density at radius 2 is 2.23 bits per heavy atom. The first kappa shape index (κ1) is 10.3. The van der Waals surface area contributed by atoms with Gasteiger partial charge in [0.25, 0.3) is 0 Å². The largest absolute Gasteiger partial charge is 0.503 e. The summed E-state index contributed by atoms with van der Waals surface area (Å²) in [4.78, 5) is 0. The highest BCUT2D eigenvalue weighted by molar-refractivity contribution is 9.10. The van der Waals surface area contributed by atoms with Crippen molar-refractivity contribution < 1.29 is 19.3 Å². The summed E-state index contributed by atoms with van der Waals surface area (Å²) in [6, 6.07) is 1.02. The standard InChI is InChI=1S/C8H8BrFO3/c1-13-6-2-5(10)4(3-11)7(9)8(6)12/h2,11-12H,3H2,1H3. The molecule has 0 spiro atoms. The Bertz CT molecular complexity index is 328. The van der Waals surface area contributed by atoms with Crippen molar-refractivity contribution in [3.8, 4) is 11.5 Å². The van der Waals surface area contributed by atoms with Gasteiger partial charge in [0.1, 0.15) is 5.82 Å². The lowest BCUT2D eigenvalue weighted by molar-refractivity contribution is 0.272. The number of hydrogen-bond donors (Lipinski definition) is 2. The Morgan fingerprint density at radius 3 is 2.69 bits per heavy atom. The molecule has 0 heterocycles. The maximum absolute atomic E-state index is 13.1. The molecule has 1 aromatic carbocycles. The molecule has 0 saturated carbocycles. The first-order valence-corrected chi connectivity index (χ1v) is 4.25. The van der Waals surface area contributed by atoms with Crippen LogP contribution in [0.15, 0.2) is 10.5 Å². The molecule has 0 aromatic heterocycles. The summed E-state index contributed by atoms with van der Waals surface area (Å²) in [6.45, 7) is -0.482. The molecule has 0 aliphatic carbocycles. The van der Waals surface area contributed by atoms with E-state index < -0.39 is 12.4 Å². The van der Waals surface area contributed by atoms with Crippen molar-refractivity contribution >= 4 is 15.9 Å². The van der Waals surface area contributed by atoms with Crippen molar-refractivity contribution in [3.05, 3.63) is 21.9 Å². The van der Waals surface area contributed by atoms with Crippen molar-refractivity contribution in [1.29, 1.82) is 0 Å². The van der Waals surface area contributed by atoms with Crippen molar-refractivity contribution in [3.63, 3.8) is 0 Å². The average Bonchev–Trinajstić information content (AvgIpc) is 2.12. The van der Waals surface area contributed by atoms with E-state index >= 15 is 0 Å². The molecule has 0 aliphatic rings. The third kappa shape index (κ3) is 1.76. The van der Waals surface area contributed by atoms with Crippen molar-refractivity contribution in [2.75, 3.05) is 7.11 Å². The third-order valence-electron chi connectivity index (χ3n) is 1.63. The van der Waals surface area contributed by atoms with Gasteiger partial charge in [-0.1, -0.05) is 0 Å². The number of ether oxygens (including phenoxy) is 1. The summed E-state index contributed by atoms with van der Waals surface area (Å²) in [5.74, 6) is -0.807. The molecule has 0 bridgehead atoms. The summed E-state index contributed by atoms with van der Waals surface area (Å²) in [5, 5.41) is 18.1. The molecule has 5 heteroatoms. The van der Waals surface area contributed by atoms with Gasteiger partial charge in [0.15, 0.2) is 11.5 Å². The van der Waals surface area contributed by atoms with Gasteiger partial charge in [0, 0.05) is 11.6 Å². The first-order chi connectivity index (χ1) is 6.11. The van der Waals surface area contributed by atoms with Crippen molar-refractivity contribution in [1.82, 2.24) is 0 Å². The lowest BCUT2D eigenvalue weighted by atomic mass is 10.2. The maximum Gasteiger partial charge on any atom is 0.172 e. The Balaban J connectivity index is 3.37. The number of phenolic OH excluding ortho intramolecular Hbond substituents is 1. The minimum absolute atomic E-state index is 0.0123. The molecule has 3 nitrogen and oxygen atoms in total. The van der Waals surface area contributed by atoms with E-state index in [1.54, 1.807) is 0 Å². The molecule has 2 N–H and O–H groups in total. The molecule has 0 unspecified atom stereocenters. The van der Waals surface area contributed by atoms with Crippen LogP contribution >= 0.6 is 15.9 Å². The number of aliphatic hydroxyl groups excluding tert-OH is 1. The van der Waals surface area contributed by atoms with E-state index in [0.29, 0.717) is 0 Å². The van der Waals surface area contributed by atoms with Crippen LogP contribution in [0.1, 0.15) is 5.56 Å². The normalized spacial score (nSPS) is 10.2. The fraction of sp³-hybridized carbons (Fsp3) is 0.250. The minimum atomic E-state index is -0.621. The summed E-state index contributed by atoms with van der Waals surface area (Å²) in [6.07, 6.45) is 0. The zero-order chi connectivity index (χ0) is 10.0. The topological polar surface area (TPSA) is 49.7 Å². The number of methoxy groups -OCH3 is 1. The predicted molar refractivity (Wildman–Crippen MR) is 48.2 cm³/mol. The monoisotopic (exact) mass is 250 g/mol. The highest BCUT2D eigenvalue weighted by Crippen LogP contribution is 2.38. The predicted octanol–water partition coefficient (Wildman–Crippen LogP) is 1.79. The van der Waals surface area contributed by atoms with E-state index in [2.05, 4.69) is 15.9 Å². The molecular weight excluding hydrogens is 243 g/mol. The fourth-order valence-electron chi connectivity index (χ4n) is 0.927. The molecule has 0 aliphatic heterocycles. The van der Waals surface area contributed by atoms with Crippen LogP contribution in [0.4, 0.5) is 4.39 Å². The Hall–Kier alpha value is -0.810. The molecule has 0 amide bonds. The highest BCUT2D eigenvalue weighted by atomic mass is 79.9. The van der Waals surface area contributed by atoms with Crippen LogP contribution in [-0.2, 0) is 6.61 Å². The van der Waals surface area contributed by atoms with Crippen LogP contribution in [0.5, 0.6) is 11.5 Å². The first-order valence-electron chi connectivity index (χ1n) is 3.46. The Kier molecular flexibility index (Phi) is 3.11. The van der Waals surface area contributed by atoms with Crippen LogP contribution in [0.3, 0.4) is 0 Å². The number of benzene rings is 1. The summed E-state index contributed by atoms with van der Waals surface area (Å²) >= 11 is 2.95. The molecule has 0 saturated heterocycles. The van der Waals surface area contributed by atoms with E-state index in [-0.39, 0.29) is 21.5 Å². The number of aliphatic hydroxyl groups is 1. The summed E-state index contributed by atoms with van der Waals surface area (Å²) in [5.41, 5.74) is 0.0123. The number of phenols is 1. The van der Waals surface area contributed by atoms with Gasteiger partial charge in [-0.05, 0) is 15.9 Å². The molecule has 72 valence electrons. The van der Waals surface area contributed by atoms with Crippen LogP contribution < -0.4 is 4.74 Å². The van der Waals surface area contributed by atoms with E-state index in [9.17, 15) is 9.50 Å². The van der Waals surface area contributed by atoms with Crippen molar-refractivity contribution in [2.45, 2.75) is 6.61 Å². The Labute approximate surface area is 82.9 Å². The van der Waals surface area contributed by atoms with Gasteiger partial charge in [-0.3, -0.25) is 0 Å². The smallest absolute Gasteiger partial charge is 0.172 e. The van der Waals surface area contributed by atoms with Gasteiger partial charge in [-0.2, -0.15) is 0 Å². The number of hydrogen-bond acceptors (Lipinski definition) is 3. The number of halogens is 2. The number of aromatic hydroxyl groups is 1. The van der Waals surface area contributed by atoms with Gasteiger partial charge >= 0.3 is 0 Å². The second-order valence-corrected chi connectivity index (χ2v) is 3.15. The molecule has 13 heavy (non-hydrogen) atoms. The van der Waals surface area contributed by atoms with Crippen molar-refractivity contribution in [2.24, 2.45) is 0 Å². The zero-order valence-electron chi connectivity index (χ0n) is 6.84. The Morgan fingerprint density at radius 1 is 1.62 bits per heavy atom. The van der Waals surface area contributed by atoms with E-state index in [4.69, 9.17) is 9.84 Å². The minimum Gasteiger partial charge on any atom is -0.503 e. The second-order valence-electron chi connectivity index (χ2n) is 2.36. The van der Waals surface area contributed by atoms with Crippen LogP contribution in [-0.4, -0.2) is 17.3 Å². The molecule has 1 rings (SSSR count). The molecule has 1 aromatic rings. The SMILES string of the molecule is COc1cc(F)c(CO)c(Br)c1O. The lowest BCUT2D eigenvalue weighted by Crippen LogP contribution is -1.94. The molecule has 0 fully saturated rings. The van der Waals surface area contributed by atoms with Gasteiger partial charge in [0.2, 0.25) is 0 Å². The molecule has 0 atom stereocenters. The number of rotatable bonds is 2. The van der Waals surface area contributed by atoms with Gasteiger partial charge in [-0.25, -0.2) is 4.39 Å². The van der Waals surface area contributed by atoms with Gasteiger partial charge in [-0.15, -0.1) is 0 Å². The van der Waals surface area contributed by atoms with Crippen LogP contribution in [0.2, 0.25) is 0 Å². The summed E-state index contributed by atoms with van der Waals surface area (Å²) < 4.78 is 17.9. The second kappa shape index (κ2) is 3.93. The average molecular weight is 251 g/mol. The third-order valence-corrected chi connectivity index (χ3v) is 2.48.